The van der Waals surface area contributed by atoms with Crippen LogP contribution < -0.4 is 16.0 Å². The summed E-state index contributed by atoms with van der Waals surface area (Å²) < 4.78 is 4.71. The molecule has 0 aliphatic carbocycles. The number of hydrogen-bond acceptors (Lipinski definition) is 4. The lowest BCUT2D eigenvalue weighted by atomic mass is 10.1. The Balaban J connectivity index is 2.50. The van der Waals surface area contributed by atoms with Gasteiger partial charge in [-0.3, -0.25) is 4.79 Å². The molecule has 0 saturated heterocycles. The fraction of sp³-hybridized carbons (Fsp3) is 0.471. The van der Waals surface area contributed by atoms with Crippen LogP contribution in [0.5, 0.6) is 0 Å². The average molecular weight is 386 g/mol. The lowest BCUT2D eigenvalue weighted by Crippen LogP contribution is -2.46. The summed E-state index contributed by atoms with van der Waals surface area (Å²) >= 11 is 11.2. The third kappa shape index (κ3) is 7.27. The monoisotopic (exact) mass is 385 g/mol. The Morgan fingerprint density at radius 2 is 2.08 bits per heavy atom. The summed E-state index contributed by atoms with van der Waals surface area (Å²) in [5.41, 5.74) is 1.63. The fourth-order valence-corrected chi connectivity index (χ4v) is 2.47. The van der Waals surface area contributed by atoms with Crippen molar-refractivity contribution in [1.82, 2.24) is 10.6 Å². The molecule has 6 nitrogen and oxygen atoms in total. The third-order valence-corrected chi connectivity index (χ3v) is 4.25. The van der Waals surface area contributed by atoms with Crippen LogP contribution in [0.25, 0.3) is 0 Å². The number of ether oxygens (including phenoxy) is 1. The zero-order valence-electron chi connectivity index (χ0n) is 14.6. The standard InChI is InChI=1S/C17H24ClN3O3S/c1-4-5-8-14(16(23)24-3)20-15(22)10-19-17(25)21-13-9-6-7-12(18)11(13)2/h6-7,9,14H,4-5,8,10H2,1-3H3,(H,20,22)(H2,19,21,25). The molecule has 1 aromatic carbocycles. The van der Waals surface area contributed by atoms with E-state index in [0.717, 1.165) is 24.1 Å². The number of unbranched alkanes of at least 4 members (excludes halogenated alkanes) is 1. The van der Waals surface area contributed by atoms with Gasteiger partial charge in [0.15, 0.2) is 5.11 Å². The molecule has 0 bridgehead atoms. The summed E-state index contributed by atoms with van der Waals surface area (Å²) in [5, 5.41) is 9.38. The maximum absolute atomic E-state index is 12.0. The van der Waals surface area contributed by atoms with E-state index in [4.69, 9.17) is 28.6 Å². The number of hydrogen-bond donors (Lipinski definition) is 3. The minimum absolute atomic E-state index is 0.0505. The van der Waals surface area contributed by atoms with Crippen LogP contribution in [0, 0.1) is 6.92 Å². The average Bonchev–Trinajstić information content (AvgIpc) is 2.60. The minimum Gasteiger partial charge on any atom is -0.467 e. The molecular weight excluding hydrogens is 362 g/mol. The molecule has 0 aliphatic rings. The molecule has 3 N–H and O–H groups in total. The van der Waals surface area contributed by atoms with Crippen molar-refractivity contribution in [2.24, 2.45) is 0 Å². The SMILES string of the molecule is CCCCC(NC(=O)CNC(=S)Nc1cccc(Cl)c1C)C(=O)OC. The molecule has 0 aliphatic heterocycles. The number of thiocarbonyl (C=S) groups is 1. The number of amides is 1. The number of rotatable bonds is 8. The summed E-state index contributed by atoms with van der Waals surface area (Å²) in [5.74, 6) is -0.782. The molecule has 25 heavy (non-hydrogen) atoms. The van der Waals surface area contributed by atoms with Crippen LogP contribution >= 0.6 is 23.8 Å². The van der Waals surface area contributed by atoms with Crippen LogP contribution in [0.4, 0.5) is 5.69 Å². The highest BCUT2D eigenvalue weighted by Gasteiger charge is 2.20. The largest absolute Gasteiger partial charge is 0.467 e. The smallest absolute Gasteiger partial charge is 0.328 e. The Kier molecular flexibility index (Phi) is 9.23. The van der Waals surface area contributed by atoms with Crippen LogP contribution in [0.3, 0.4) is 0 Å². The summed E-state index contributed by atoms with van der Waals surface area (Å²) in [7, 11) is 1.30. The predicted molar refractivity (Wildman–Crippen MR) is 104 cm³/mol. The molecule has 8 heteroatoms. The lowest BCUT2D eigenvalue weighted by Gasteiger charge is -2.17. The minimum atomic E-state index is -0.643. The van der Waals surface area contributed by atoms with Crippen LogP contribution in [-0.4, -0.2) is 36.7 Å². The molecule has 0 aromatic heterocycles. The Bertz CT molecular complexity index is 625. The summed E-state index contributed by atoms with van der Waals surface area (Å²) in [6.45, 7) is 3.83. The topological polar surface area (TPSA) is 79.5 Å². The van der Waals surface area contributed by atoms with Crippen molar-refractivity contribution < 1.29 is 14.3 Å². The van der Waals surface area contributed by atoms with Crippen LogP contribution in [-0.2, 0) is 14.3 Å². The maximum Gasteiger partial charge on any atom is 0.328 e. The highest BCUT2D eigenvalue weighted by Crippen LogP contribution is 2.22. The van der Waals surface area contributed by atoms with Gasteiger partial charge in [0.2, 0.25) is 5.91 Å². The Labute approximate surface area is 158 Å². The number of carbonyl (C=O) groups excluding carboxylic acids is 2. The molecule has 0 heterocycles. The highest BCUT2D eigenvalue weighted by molar-refractivity contribution is 7.80. The van der Waals surface area contributed by atoms with E-state index in [1.54, 1.807) is 6.07 Å². The molecule has 1 aromatic rings. The molecule has 1 rings (SSSR count). The Morgan fingerprint density at radius 3 is 2.72 bits per heavy atom. The first kappa shape index (κ1) is 21.2. The molecule has 1 unspecified atom stereocenters. The van der Waals surface area contributed by atoms with Gasteiger partial charge in [-0.05, 0) is 43.3 Å². The van der Waals surface area contributed by atoms with Gasteiger partial charge in [0.25, 0.3) is 0 Å². The lowest BCUT2D eigenvalue weighted by molar-refractivity contribution is -0.145. The van der Waals surface area contributed by atoms with Gasteiger partial charge in [0, 0.05) is 10.7 Å². The first-order chi connectivity index (χ1) is 11.9. The number of halogens is 1. The Hall–Kier alpha value is -1.86. The summed E-state index contributed by atoms with van der Waals surface area (Å²) in [6.07, 6.45) is 2.29. The van der Waals surface area contributed by atoms with Crippen molar-refractivity contribution in [2.45, 2.75) is 39.2 Å². The molecule has 138 valence electrons. The van der Waals surface area contributed by atoms with Gasteiger partial charge in [0.1, 0.15) is 6.04 Å². The number of anilines is 1. The van der Waals surface area contributed by atoms with Crippen molar-refractivity contribution in [2.75, 3.05) is 19.0 Å². The van der Waals surface area contributed by atoms with Crippen molar-refractivity contribution >= 4 is 46.5 Å². The number of methoxy groups -OCH3 is 1. The molecule has 1 atom stereocenters. The van der Waals surface area contributed by atoms with E-state index < -0.39 is 12.0 Å². The predicted octanol–water partition coefficient (Wildman–Crippen LogP) is 2.78. The second kappa shape index (κ2) is 10.9. The molecular formula is C17H24ClN3O3S. The number of benzene rings is 1. The van der Waals surface area contributed by atoms with E-state index in [1.807, 2.05) is 26.0 Å². The number of nitrogens with one attached hydrogen (secondary N) is 3. The van der Waals surface area contributed by atoms with E-state index in [9.17, 15) is 9.59 Å². The van der Waals surface area contributed by atoms with Crippen molar-refractivity contribution in [3.63, 3.8) is 0 Å². The van der Waals surface area contributed by atoms with Gasteiger partial charge in [-0.25, -0.2) is 4.79 Å². The van der Waals surface area contributed by atoms with Crippen LogP contribution in [0.1, 0.15) is 31.7 Å². The first-order valence-corrected chi connectivity index (χ1v) is 8.84. The van der Waals surface area contributed by atoms with Crippen LogP contribution in [0.2, 0.25) is 5.02 Å². The van der Waals surface area contributed by atoms with Crippen LogP contribution in [0.15, 0.2) is 18.2 Å². The van der Waals surface area contributed by atoms with E-state index in [2.05, 4.69) is 16.0 Å². The molecule has 0 radical (unpaired) electrons. The fourth-order valence-electron chi connectivity index (χ4n) is 2.11. The quantitative estimate of drug-likeness (QED) is 0.471. The second-order valence-electron chi connectivity index (χ2n) is 5.51. The van der Waals surface area contributed by atoms with Gasteiger partial charge < -0.3 is 20.7 Å². The third-order valence-electron chi connectivity index (χ3n) is 3.59. The molecule has 1 amide bonds. The number of carbonyl (C=O) groups is 2. The summed E-state index contributed by atoms with van der Waals surface area (Å²) in [4.78, 5) is 23.7. The van der Waals surface area contributed by atoms with Crippen molar-refractivity contribution in [1.29, 1.82) is 0 Å². The van der Waals surface area contributed by atoms with E-state index in [0.29, 0.717) is 16.6 Å². The van der Waals surface area contributed by atoms with Gasteiger partial charge >= 0.3 is 5.97 Å². The number of esters is 1. The van der Waals surface area contributed by atoms with Gasteiger partial charge in [-0.1, -0.05) is 37.4 Å². The summed E-state index contributed by atoms with van der Waals surface area (Å²) in [6, 6.07) is 4.79. The molecule has 0 fully saturated rings. The molecule has 0 saturated carbocycles. The molecule has 0 spiro atoms. The zero-order valence-corrected chi connectivity index (χ0v) is 16.2. The second-order valence-corrected chi connectivity index (χ2v) is 6.32. The van der Waals surface area contributed by atoms with Crippen molar-refractivity contribution in [3.05, 3.63) is 28.8 Å². The maximum atomic E-state index is 12.0. The first-order valence-electron chi connectivity index (χ1n) is 8.06. The van der Waals surface area contributed by atoms with E-state index >= 15 is 0 Å². The zero-order chi connectivity index (χ0) is 18.8. The highest BCUT2D eigenvalue weighted by atomic mass is 35.5. The van der Waals surface area contributed by atoms with Gasteiger partial charge in [-0.2, -0.15) is 0 Å². The normalized spacial score (nSPS) is 11.4. The van der Waals surface area contributed by atoms with Crippen molar-refractivity contribution in [3.8, 4) is 0 Å². The van der Waals surface area contributed by atoms with E-state index in [-0.39, 0.29) is 12.5 Å². The van der Waals surface area contributed by atoms with Gasteiger partial charge in [-0.15, -0.1) is 0 Å². The van der Waals surface area contributed by atoms with E-state index in [1.165, 1.54) is 7.11 Å². The van der Waals surface area contributed by atoms with Gasteiger partial charge in [0.05, 0.1) is 13.7 Å². The Morgan fingerprint density at radius 1 is 1.36 bits per heavy atom.